The smallest absolute Gasteiger partial charge is 0.220 e. The van der Waals surface area contributed by atoms with Gasteiger partial charge in [0.05, 0.1) is 38.6 Å². The third kappa shape index (κ3) is 31.3. The molecule has 17 atom stereocenters. The zero-order valence-electron chi connectivity index (χ0n) is 52.3. The molecule has 3 aliphatic rings. The fraction of sp³-hybridized carbons (Fsp3) is 0.806. The van der Waals surface area contributed by atoms with Crippen LogP contribution < -0.4 is 5.32 Å². The molecular formula is C67H117NO18. The van der Waals surface area contributed by atoms with Crippen molar-refractivity contribution in [2.75, 3.05) is 26.4 Å². The van der Waals surface area contributed by atoms with Gasteiger partial charge in [-0.25, -0.2) is 0 Å². The van der Waals surface area contributed by atoms with E-state index in [4.69, 9.17) is 28.4 Å². The van der Waals surface area contributed by atoms with Crippen LogP contribution in [0.3, 0.4) is 0 Å². The van der Waals surface area contributed by atoms with Gasteiger partial charge in [0.25, 0.3) is 0 Å². The van der Waals surface area contributed by atoms with E-state index in [1.165, 1.54) is 109 Å². The van der Waals surface area contributed by atoms with E-state index in [2.05, 4.69) is 79.9 Å². The van der Waals surface area contributed by atoms with Gasteiger partial charge in [-0.05, 0) is 64.2 Å². The first-order valence-electron chi connectivity index (χ1n) is 33.2. The summed E-state index contributed by atoms with van der Waals surface area (Å²) < 4.78 is 34.2. The Kier molecular flexibility index (Phi) is 44.1. The Labute approximate surface area is 515 Å². The Hall–Kier alpha value is -2.77. The van der Waals surface area contributed by atoms with Crippen LogP contribution in [0, 0.1) is 0 Å². The fourth-order valence-electron chi connectivity index (χ4n) is 10.8. The lowest BCUT2D eigenvalue weighted by molar-refractivity contribution is -0.379. The van der Waals surface area contributed by atoms with Gasteiger partial charge in [-0.1, -0.05) is 215 Å². The van der Waals surface area contributed by atoms with Crippen LogP contribution in [0.15, 0.2) is 72.9 Å². The third-order valence-corrected chi connectivity index (χ3v) is 16.2. The molecule has 498 valence electrons. The van der Waals surface area contributed by atoms with Crippen LogP contribution in [0.4, 0.5) is 0 Å². The number of rotatable bonds is 49. The normalized spacial score (nSPS) is 29.2. The van der Waals surface area contributed by atoms with Gasteiger partial charge in [-0.3, -0.25) is 4.79 Å². The second-order valence-corrected chi connectivity index (χ2v) is 23.5. The molecule has 0 aromatic heterocycles. The zero-order valence-corrected chi connectivity index (χ0v) is 52.3. The highest BCUT2D eigenvalue weighted by molar-refractivity contribution is 5.76. The Bertz CT molecular complexity index is 1850. The fourth-order valence-corrected chi connectivity index (χ4v) is 10.8. The van der Waals surface area contributed by atoms with Gasteiger partial charge in [0.15, 0.2) is 18.9 Å². The largest absolute Gasteiger partial charge is 0.394 e. The molecule has 86 heavy (non-hydrogen) atoms. The molecule has 17 unspecified atom stereocenters. The SMILES string of the molecule is CC/C=C\C/C=C\C/C=C\C/C=C\CCCCCCCCCCCCCCCCCCCCCCC(=O)NC(COC1OC(CO)C(OC2OC(CO)C(OC3OC(CO)C(O)C(O)C3O)C(O)C2O)C(O)C1O)C(O)/C=C/CC/C=C/CCCC. The molecule has 3 heterocycles. The van der Waals surface area contributed by atoms with Crippen molar-refractivity contribution in [1.82, 2.24) is 5.32 Å². The number of allylic oxidation sites excluding steroid dienone is 11. The van der Waals surface area contributed by atoms with Crippen molar-refractivity contribution in [2.24, 2.45) is 0 Å². The van der Waals surface area contributed by atoms with Gasteiger partial charge in [-0.15, -0.1) is 0 Å². The molecule has 0 spiro atoms. The van der Waals surface area contributed by atoms with E-state index in [9.17, 15) is 61.0 Å². The summed E-state index contributed by atoms with van der Waals surface area (Å²) in [7, 11) is 0. The monoisotopic (exact) mass is 1220 g/mol. The maximum atomic E-state index is 13.3. The van der Waals surface area contributed by atoms with Crippen molar-refractivity contribution in [3.8, 4) is 0 Å². The second kappa shape index (κ2) is 49.0. The standard InChI is InChI=1S/C67H117NO18/c1-3-5-7-9-11-13-14-15-16-17-18-19-20-21-22-23-24-25-26-27-28-29-30-31-32-33-34-35-36-37-39-41-43-45-55(73)68-50(51(72)44-42-40-38-12-10-8-6-4-2)49-81-65-61(79)58(76)63(53(47-70)83-65)86-67-62(80)59(77)64(54(48-71)84-67)85-66-60(78)57(75)56(74)52(46-69)82-66/h5,7,10-13,15-16,18-19,42,44,50-54,56-67,69-72,74-80H,3-4,6,8-9,14,17,20-41,43,45-49H2,1-2H3,(H,68,73)/b7-5-,12-10+,13-11-,16-15-,19-18-,44-42+. The molecule has 19 heteroatoms. The number of carbonyl (C=O) groups excluding carboxylic acids is 1. The van der Waals surface area contributed by atoms with Crippen molar-refractivity contribution in [1.29, 1.82) is 0 Å². The summed E-state index contributed by atoms with van der Waals surface area (Å²) in [4.78, 5) is 13.3. The average molecular weight is 1220 g/mol. The molecule has 12 N–H and O–H groups in total. The summed E-state index contributed by atoms with van der Waals surface area (Å²) in [6.45, 7) is 1.50. The van der Waals surface area contributed by atoms with Gasteiger partial charge in [0.2, 0.25) is 5.91 Å². The number of nitrogens with one attached hydrogen (secondary N) is 1. The van der Waals surface area contributed by atoms with Gasteiger partial charge < -0.3 is 89.9 Å². The summed E-state index contributed by atoms with van der Waals surface area (Å²) in [5.74, 6) is -0.289. The molecular weight excluding hydrogens is 1110 g/mol. The van der Waals surface area contributed by atoms with Crippen LogP contribution in [0.25, 0.3) is 0 Å². The van der Waals surface area contributed by atoms with Crippen molar-refractivity contribution >= 4 is 5.91 Å². The van der Waals surface area contributed by atoms with Gasteiger partial charge >= 0.3 is 0 Å². The molecule has 0 radical (unpaired) electrons. The molecule has 3 saturated heterocycles. The lowest BCUT2D eigenvalue weighted by atomic mass is 9.96. The van der Waals surface area contributed by atoms with Crippen LogP contribution >= 0.6 is 0 Å². The van der Waals surface area contributed by atoms with E-state index in [0.29, 0.717) is 12.8 Å². The van der Waals surface area contributed by atoms with Crippen molar-refractivity contribution in [3.63, 3.8) is 0 Å². The van der Waals surface area contributed by atoms with Crippen LogP contribution in [0.5, 0.6) is 0 Å². The highest BCUT2D eigenvalue weighted by atomic mass is 16.8. The number of unbranched alkanes of at least 4 members (excludes halogenated alkanes) is 23. The van der Waals surface area contributed by atoms with Gasteiger partial charge in [0.1, 0.15) is 73.2 Å². The van der Waals surface area contributed by atoms with Crippen LogP contribution in [-0.4, -0.2) is 193 Å². The average Bonchev–Trinajstić information content (AvgIpc) is 3.55. The first-order valence-corrected chi connectivity index (χ1v) is 33.2. The summed E-state index contributed by atoms with van der Waals surface area (Å²) in [5.41, 5.74) is 0. The molecule has 0 aromatic carbocycles. The van der Waals surface area contributed by atoms with E-state index < -0.39 is 124 Å². The first kappa shape index (κ1) is 77.5. The molecule has 3 rings (SSSR count). The molecule has 3 aliphatic heterocycles. The van der Waals surface area contributed by atoms with Crippen molar-refractivity contribution < 1.29 is 89.4 Å². The predicted octanol–water partition coefficient (Wildman–Crippen LogP) is 7.77. The molecule has 0 bridgehead atoms. The van der Waals surface area contributed by atoms with E-state index >= 15 is 0 Å². The Morgan fingerprint density at radius 1 is 0.430 bits per heavy atom. The molecule has 1 amide bonds. The topological polar surface area (TPSA) is 307 Å². The highest BCUT2D eigenvalue weighted by Gasteiger charge is 2.53. The lowest BCUT2D eigenvalue weighted by Gasteiger charge is -2.48. The predicted molar refractivity (Wildman–Crippen MR) is 332 cm³/mol. The number of amides is 1. The molecule has 0 saturated carbocycles. The van der Waals surface area contributed by atoms with E-state index in [1.807, 2.05) is 6.08 Å². The van der Waals surface area contributed by atoms with E-state index in [1.54, 1.807) is 6.08 Å². The van der Waals surface area contributed by atoms with E-state index in [0.717, 1.165) is 70.6 Å². The number of hydrogen-bond donors (Lipinski definition) is 12. The van der Waals surface area contributed by atoms with Crippen LogP contribution in [0.2, 0.25) is 0 Å². The minimum atomic E-state index is -1.98. The molecule has 3 fully saturated rings. The van der Waals surface area contributed by atoms with Gasteiger partial charge in [0, 0.05) is 6.42 Å². The summed E-state index contributed by atoms with van der Waals surface area (Å²) in [6, 6.07) is -0.988. The quantitative estimate of drug-likeness (QED) is 0.0204. The number of aliphatic hydroxyl groups is 11. The minimum absolute atomic E-state index is 0.234. The number of aliphatic hydroxyl groups excluding tert-OH is 11. The number of ether oxygens (including phenoxy) is 6. The van der Waals surface area contributed by atoms with Crippen LogP contribution in [0.1, 0.15) is 213 Å². The van der Waals surface area contributed by atoms with Gasteiger partial charge in [-0.2, -0.15) is 0 Å². The Balaban J connectivity index is 1.32. The third-order valence-electron chi connectivity index (χ3n) is 16.2. The van der Waals surface area contributed by atoms with Crippen molar-refractivity contribution in [3.05, 3.63) is 72.9 Å². The first-order chi connectivity index (χ1) is 41.8. The maximum absolute atomic E-state index is 13.3. The lowest BCUT2D eigenvalue weighted by Crippen LogP contribution is -2.66. The molecule has 0 aromatic rings. The Morgan fingerprint density at radius 3 is 1.30 bits per heavy atom. The minimum Gasteiger partial charge on any atom is -0.394 e. The molecule has 19 nitrogen and oxygen atoms in total. The molecule has 0 aliphatic carbocycles. The Morgan fingerprint density at radius 2 is 0.814 bits per heavy atom. The number of hydrogen-bond acceptors (Lipinski definition) is 18. The maximum Gasteiger partial charge on any atom is 0.220 e. The highest BCUT2D eigenvalue weighted by Crippen LogP contribution is 2.33. The second-order valence-electron chi connectivity index (χ2n) is 23.5. The summed E-state index contributed by atoms with van der Waals surface area (Å²) in [5, 5.41) is 120. The van der Waals surface area contributed by atoms with Crippen LogP contribution in [-0.2, 0) is 33.2 Å². The number of carbonyl (C=O) groups is 1. The zero-order chi connectivity index (χ0) is 62.6. The van der Waals surface area contributed by atoms with E-state index in [-0.39, 0.29) is 18.9 Å². The summed E-state index contributed by atoms with van der Waals surface area (Å²) >= 11 is 0. The summed E-state index contributed by atoms with van der Waals surface area (Å²) in [6.07, 6.45) is 33.8. The van der Waals surface area contributed by atoms with Crippen molar-refractivity contribution in [2.45, 2.75) is 317 Å².